The Balaban J connectivity index is 1.96. The largest absolute Gasteiger partial charge is 0.294 e. The minimum Gasteiger partial charge on any atom is -0.294 e. The molecule has 2 unspecified atom stereocenters. The second-order valence-electron chi connectivity index (χ2n) is 6.36. The predicted octanol–water partition coefficient (Wildman–Crippen LogP) is 4.49. The number of hydrogen-bond donors (Lipinski definition) is 0. The highest BCUT2D eigenvalue weighted by Gasteiger charge is 2.30. The smallest absolute Gasteiger partial charge is 0.168 e. The fourth-order valence-electron chi connectivity index (χ4n) is 3.68. The maximum absolute atomic E-state index is 12.9. The summed E-state index contributed by atoms with van der Waals surface area (Å²) in [5.41, 5.74) is 1.65. The molecule has 20 heavy (non-hydrogen) atoms. The molecule has 1 aliphatic carbocycles. The number of carbonyl (C=O) groups excluding carboxylic acids is 1. The zero-order valence-corrected chi connectivity index (χ0v) is 12.2. The normalized spacial score (nSPS) is 26.6. The monoisotopic (exact) mass is 267 g/mol. The molecule has 1 heterocycles. The van der Waals surface area contributed by atoms with E-state index in [0.717, 1.165) is 29.3 Å². The number of Topliss-reactive ketones (excluding diaryl/α,β-unsaturated/α-hetero) is 1. The Bertz CT molecular complexity index is 619. The van der Waals surface area contributed by atoms with Gasteiger partial charge >= 0.3 is 0 Å². The van der Waals surface area contributed by atoms with Crippen LogP contribution in [-0.4, -0.2) is 10.8 Å². The van der Waals surface area contributed by atoms with Gasteiger partial charge in [-0.1, -0.05) is 32.0 Å². The minimum absolute atomic E-state index is 0.168. The van der Waals surface area contributed by atoms with Gasteiger partial charge in [-0.15, -0.1) is 0 Å². The number of para-hydroxylation sites is 1. The van der Waals surface area contributed by atoms with Gasteiger partial charge in [0.2, 0.25) is 0 Å². The number of ketones is 1. The molecule has 2 aromatic rings. The first-order chi connectivity index (χ1) is 9.65. The van der Waals surface area contributed by atoms with Crippen molar-refractivity contribution >= 4 is 16.7 Å². The highest BCUT2D eigenvalue weighted by Crippen LogP contribution is 2.35. The van der Waals surface area contributed by atoms with E-state index in [9.17, 15) is 4.79 Å². The molecule has 1 aliphatic rings. The van der Waals surface area contributed by atoms with Gasteiger partial charge in [-0.05, 0) is 43.2 Å². The van der Waals surface area contributed by atoms with Crippen LogP contribution >= 0.6 is 0 Å². The van der Waals surface area contributed by atoms with E-state index < -0.39 is 0 Å². The van der Waals surface area contributed by atoms with E-state index in [1.54, 1.807) is 6.20 Å². The number of aromatic nitrogens is 1. The highest BCUT2D eigenvalue weighted by atomic mass is 16.1. The molecule has 0 bridgehead atoms. The van der Waals surface area contributed by atoms with Crippen molar-refractivity contribution < 1.29 is 4.79 Å². The third-order valence-electron chi connectivity index (χ3n) is 4.45. The summed E-state index contributed by atoms with van der Waals surface area (Å²) in [7, 11) is 0. The molecule has 0 aliphatic heterocycles. The van der Waals surface area contributed by atoms with E-state index >= 15 is 0 Å². The Hall–Kier alpha value is -1.70. The Kier molecular flexibility index (Phi) is 3.56. The maximum Gasteiger partial charge on any atom is 0.168 e. The fraction of sp³-hybridized carbons (Fsp3) is 0.444. The van der Waals surface area contributed by atoms with E-state index in [1.165, 1.54) is 6.42 Å². The molecule has 1 aromatic heterocycles. The van der Waals surface area contributed by atoms with Crippen LogP contribution in [0.15, 0.2) is 36.5 Å². The van der Waals surface area contributed by atoms with Crippen LogP contribution in [0.5, 0.6) is 0 Å². The molecule has 0 amide bonds. The molecule has 1 aromatic carbocycles. The Labute approximate surface area is 120 Å². The first-order valence-corrected chi connectivity index (χ1v) is 7.53. The van der Waals surface area contributed by atoms with E-state index in [0.29, 0.717) is 11.8 Å². The van der Waals surface area contributed by atoms with Gasteiger partial charge in [-0.25, -0.2) is 0 Å². The van der Waals surface area contributed by atoms with Crippen molar-refractivity contribution in [3.8, 4) is 0 Å². The van der Waals surface area contributed by atoms with E-state index in [-0.39, 0.29) is 11.7 Å². The summed E-state index contributed by atoms with van der Waals surface area (Å²) in [5.74, 6) is 1.75. The third kappa shape index (κ3) is 2.47. The second kappa shape index (κ2) is 5.35. The lowest BCUT2D eigenvalue weighted by Gasteiger charge is -2.30. The number of hydrogen-bond acceptors (Lipinski definition) is 2. The molecular weight excluding hydrogens is 246 g/mol. The maximum atomic E-state index is 12.9. The summed E-state index contributed by atoms with van der Waals surface area (Å²) in [5, 5.41) is 1.05. The van der Waals surface area contributed by atoms with Crippen molar-refractivity contribution in [1.29, 1.82) is 0 Å². The average Bonchev–Trinajstić information content (AvgIpc) is 2.45. The van der Waals surface area contributed by atoms with Gasteiger partial charge in [0.15, 0.2) is 5.78 Å². The number of nitrogens with zero attached hydrogens (tertiary/aromatic N) is 1. The van der Waals surface area contributed by atoms with Crippen LogP contribution in [0.3, 0.4) is 0 Å². The van der Waals surface area contributed by atoms with Crippen LogP contribution in [-0.2, 0) is 0 Å². The zero-order valence-electron chi connectivity index (χ0n) is 12.2. The molecule has 2 atom stereocenters. The lowest BCUT2D eigenvalue weighted by molar-refractivity contribution is 0.0837. The predicted molar refractivity (Wildman–Crippen MR) is 81.7 cm³/mol. The SMILES string of the molecule is CC1CC(C)CC(C(=O)c2cccc3cccnc23)C1. The Morgan fingerprint density at radius 1 is 1.05 bits per heavy atom. The van der Waals surface area contributed by atoms with E-state index in [1.807, 2.05) is 30.3 Å². The molecule has 0 saturated heterocycles. The molecule has 1 fully saturated rings. The van der Waals surface area contributed by atoms with Crippen molar-refractivity contribution in [2.75, 3.05) is 0 Å². The van der Waals surface area contributed by atoms with Gasteiger partial charge in [-0.3, -0.25) is 9.78 Å². The minimum atomic E-state index is 0.168. The van der Waals surface area contributed by atoms with Crippen molar-refractivity contribution in [3.05, 3.63) is 42.1 Å². The Morgan fingerprint density at radius 3 is 2.50 bits per heavy atom. The van der Waals surface area contributed by atoms with Gasteiger partial charge in [0.05, 0.1) is 5.52 Å². The average molecular weight is 267 g/mol. The lowest BCUT2D eigenvalue weighted by Crippen LogP contribution is -2.26. The van der Waals surface area contributed by atoms with Gasteiger partial charge < -0.3 is 0 Å². The van der Waals surface area contributed by atoms with Crippen LogP contribution in [0.25, 0.3) is 10.9 Å². The third-order valence-corrected chi connectivity index (χ3v) is 4.45. The van der Waals surface area contributed by atoms with E-state index in [2.05, 4.69) is 18.8 Å². The quantitative estimate of drug-likeness (QED) is 0.750. The van der Waals surface area contributed by atoms with Crippen LogP contribution in [0.1, 0.15) is 43.5 Å². The van der Waals surface area contributed by atoms with Crippen molar-refractivity contribution in [2.24, 2.45) is 17.8 Å². The molecule has 3 rings (SSSR count). The van der Waals surface area contributed by atoms with Crippen LogP contribution in [0, 0.1) is 17.8 Å². The topological polar surface area (TPSA) is 30.0 Å². The molecule has 0 N–H and O–H groups in total. The van der Waals surface area contributed by atoms with Crippen LogP contribution in [0.4, 0.5) is 0 Å². The number of benzene rings is 1. The van der Waals surface area contributed by atoms with Gasteiger partial charge in [0.1, 0.15) is 0 Å². The molecule has 1 saturated carbocycles. The molecule has 2 nitrogen and oxygen atoms in total. The lowest BCUT2D eigenvalue weighted by atomic mass is 9.74. The highest BCUT2D eigenvalue weighted by molar-refractivity contribution is 6.07. The molecule has 104 valence electrons. The van der Waals surface area contributed by atoms with Gasteiger partial charge in [-0.2, -0.15) is 0 Å². The summed E-state index contributed by atoms with van der Waals surface area (Å²) in [6.07, 6.45) is 5.06. The fourth-order valence-corrected chi connectivity index (χ4v) is 3.68. The zero-order chi connectivity index (χ0) is 14.1. The molecule has 0 radical (unpaired) electrons. The summed E-state index contributed by atoms with van der Waals surface area (Å²) >= 11 is 0. The number of rotatable bonds is 2. The molecular formula is C18H21NO. The molecule has 0 spiro atoms. The van der Waals surface area contributed by atoms with Crippen molar-refractivity contribution in [3.63, 3.8) is 0 Å². The molecule has 2 heteroatoms. The van der Waals surface area contributed by atoms with Crippen LogP contribution in [0.2, 0.25) is 0 Å². The number of fused-ring (bicyclic) bond motifs is 1. The number of carbonyl (C=O) groups is 1. The van der Waals surface area contributed by atoms with Crippen LogP contribution < -0.4 is 0 Å². The summed E-state index contributed by atoms with van der Waals surface area (Å²) in [6, 6.07) is 9.85. The Morgan fingerprint density at radius 2 is 1.75 bits per heavy atom. The van der Waals surface area contributed by atoms with Gasteiger partial charge in [0.25, 0.3) is 0 Å². The van der Waals surface area contributed by atoms with Gasteiger partial charge in [0, 0.05) is 23.1 Å². The summed E-state index contributed by atoms with van der Waals surface area (Å²) in [6.45, 7) is 4.52. The first kappa shape index (κ1) is 13.3. The first-order valence-electron chi connectivity index (χ1n) is 7.53. The summed E-state index contributed by atoms with van der Waals surface area (Å²) < 4.78 is 0. The summed E-state index contributed by atoms with van der Waals surface area (Å²) in [4.78, 5) is 17.3. The van der Waals surface area contributed by atoms with E-state index in [4.69, 9.17) is 0 Å². The number of pyridine rings is 1. The standard InChI is InChI=1S/C18H21NO/c1-12-9-13(2)11-15(10-12)18(20)16-7-3-5-14-6-4-8-19-17(14)16/h3-8,12-13,15H,9-11H2,1-2H3. The van der Waals surface area contributed by atoms with Crippen molar-refractivity contribution in [1.82, 2.24) is 4.98 Å². The second-order valence-corrected chi connectivity index (χ2v) is 6.36. The van der Waals surface area contributed by atoms with Crippen molar-refractivity contribution in [2.45, 2.75) is 33.1 Å².